The van der Waals surface area contributed by atoms with Crippen LogP contribution in [-0.4, -0.2) is 27.5 Å². The molecule has 31 heavy (non-hydrogen) atoms. The summed E-state index contributed by atoms with van der Waals surface area (Å²) < 4.78 is 5.34. The fourth-order valence-corrected chi connectivity index (χ4v) is 4.46. The Labute approximate surface area is 182 Å². The number of benzene rings is 1. The predicted octanol–water partition coefficient (Wildman–Crippen LogP) is 5.41. The molecule has 2 aliphatic rings. The Kier molecular flexibility index (Phi) is 5.65. The Morgan fingerprint density at radius 2 is 1.94 bits per heavy atom. The first-order valence-electron chi connectivity index (χ1n) is 10.8. The Hall–Kier alpha value is -3.02. The highest BCUT2D eigenvalue weighted by atomic mass is 16.5. The molecule has 2 aliphatic carbocycles. The molecule has 1 fully saturated rings. The molecule has 6 nitrogen and oxygen atoms in total. The van der Waals surface area contributed by atoms with Crippen molar-refractivity contribution in [2.24, 2.45) is 10.4 Å². The van der Waals surface area contributed by atoms with E-state index in [1.165, 1.54) is 0 Å². The lowest BCUT2D eigenvalue weighted by Crippen LogP contribution is -2.32. The van der Waals surface area contributed by atoms with Gasteiger partial charge >= 0.3 is 0 Å². The average Bonchev–Trinajstić information content (AvgIpc) is 3.11. The summed E-state index contributed by atoms with van der Waals surface area (Å²) in [5.74, 6) is 0.588. The number of para-hydroxylation sites is 1. The molecule has 6 heteroatoms. The Bertz CT molecular complexity index is 1100. The SMILES string of the molecule is Cc1ccccc1N=C1CC(C)(C)CC(=O)C1=C(O)CCc1noc2c1C(=O)CCC2. The second-order valence-electron chi connectivity index (χ2n) is 9.31. The molecule has 1 N–H and O–H groups in total. The third kappa shape index (κ3) is 4.38. The van der Waals surface area contributed by atoms with Crippen LogP contribution < -0.4 is 0 Å². The summed E-state index contributed by atoms with van der Waals surface area (Å²) in [6, 6.07) is 7.75. The summed E-state index contributed by atoms with van der Waals surface area (Å²) in [5, 5.41) is 15.0. The summed E-state index contributed by atoms with van der Waals surface area (Å²) in [7, 11) is 0. The van der Waals surface area contributed by atoms with Crippen LogP contribution in [0.5, 0.6) is 0 Å². The standard InChI is InChI=1S/C25H28N2O4/c1-15-7-4-5-8-16(15)26-18-13-25(2,3)14-21(30)23(18)20(29)12-11-17-24-19(28)9-6-10-22(24)31-27-17/h4-5,7-8,29H,6,9-14H2,1-3H3. The molecule has 0 aliphatic heterocycles. The maximum Gasteiger partial charge on any atom is 0.168 e. The molecule has 0 radical (unpaired) electrons. The number of rotatable bonds is 4. The fraction of sp³-hybridized carbons (Fsp3) is 0.440. The minimum atomic E-state index is -0.222. The van der Waals surface area contributed by atoms with E-state index < -0.39 is 0 Å². The van der Waals surface area contributed by atoms with E-state index in [1.807, 2.05) is 45.0 Å². The molecule has 0 amide bonds. The number of Topliss-reactive ketones (excluding diaryl/α,β-unsaturated/α-hetero) is 2. The number of hydrogen-bond donors (Lipinski definition) is 1. The van der Waals surface area contributed by atoms with Gasteiger partial charge in [-0.05, 0) is 36.8 Å². The van der Waals surface area contributed by atoms with E-state index in [9.17, 15) is 14.7 Å². The van der Waals surface area contributed by atoms with Crippen molar-refractivity contribution in [3.05, 3.63) is 58.2 Å². The van der Waals surface area contributed by atoms with Crippen LogP contribution in [-0.2, 0) is 17.6 Å². The van der Waals surface area contributed by atoms with Crippen molar-refractivity contribution < 1.29 is 19.2 Å². The van der Waals surface area contributed by atoms with Gasteiger partial charge in [-0.25, -0.2) is 0 Å². The third-order valence-corrected chi connectivity index (χ3v) is 6.03. The molecule has 4 rings (SSSR count). The highest BCUT2D eigenvalue weighted by Crippen LogP contribution is 2.37. The van der Waals surface area contributed by atoms with Crippen molar-refractivity contribution in [2.45, 2.75) is 65.7 Å². The molecule has 0 atom stereocenters. The van der Waals surface area contributed by atoms with Gasteiger partial charge in [-0.2, -0.15) is 0 Å². The van der Waals surface area contributed by atoms with E-state index >= 15 is 0 Å². The average molecular weight is 421 g/mol. The van der Waals surface area contributed by atoms with Gasteiger partial charge in [-0.3, -0.25) is 14.6 Å². The molecule has 0 spiro atoms. The van der Waals surface area contributed by atoms with Gasteiger partial charge in [0.05, 0.1) is 28.2 Å². The van der Waals surface area contributed by atoms with Crippen LogP contribution in [0.3, 0.4) is 0 Å². The number of aryl methyl sites for hydroxylation is 3. The van der Waals surface area contributed by atoms with Gasteiger partial charge in [-0.15, -0.1) is 0 Å². The van der Waals surface area contributed by atoms with Crippen LogP contribution in [0, 0.1) is 12.3 Å². The van der Waals surface area contributed by atoms with Crippen molar-refractivity contribution in [3.63, 3.8) is 0 Å². The van der Waals surface area contributed by atoms with Crippen molar-refractivity contribution in [1.82, 2.24) is 5.16 Å². The van der Waals surface area contributed by atoms with E-state index in [0.29, 0.717) is 60.4 Å². The van der Waals surface area contributed by atoms with Gasteiger partial charge in [-0.1, -0.05) is 37.2 Å². The van der Waals surface area contributed by atoms with Gasteiger partial charge in [0, 0.05) is 32.1 Å². The number of aliphatic hydroxyl groups excluding tert-OH is 1. The minimum Gasteiger partial charge on any atom is -0.511 e. The summed E-state index contributed by atoms with van der Waals surface area (Å²) in [4.78, 5) is 30.1. The Balaban J connectivity index is 1.66. The second-order valence-corrected chi connectivity index (χ2v) is 9.31. The van der Waals surface area contributed by atoms with Gasteiger partial charge in [0.15, 0.2) is 11.6 Å². The van der Waals surface area contributed by atoms with Crippen LogP contribution in [0.2, 0.25) is 0 Å². The van der Waals surface area contributed by atoms with Crippen LogP contribution in [0.25, 0.3) is 0 Å². The lowest BCUT2D eigenvalue weighted by Gasteiger charge is -2.31. The number of carbonyl (C=O) groups is 2. The van der Waals surface area contributed by atoms with Crippen LogP contribution in [0.4, 0.5) is 5.69 Å². The Morgan fingerprint density at radius 3 is 2.71 bits per heavy atom. The first-order chi connectivity index (χ1) is 14.7. The molecule has 1 saturated carbocycles. The number of carbonyl (C=O) groups excluding carboxylic acids is 2. The monoisotopic (exact) mass is 420 g/mol. The van der Waals surface area contributed by atoms with Crippen LogP contribution >= 0.6 is 0 Å². The zero-order valence-electron chi connectivity index (χ0n) is 18.3. The molecular formula is C25H28N2O4. The number of nitrogens with zero attached hydrogens (tertiary/aromatic N) is 2. The van der Waals surface area contributed by atoms with Crippen LogP contribution in [0.15, 0.2) is 45.1 Å². The fourth-order valence-electron chi connectivity index (χ4n) is 4.46. The van der Waals surface area contributed by atoms with Crippen molar-refractivity contribution in [2.75, 3.05) is 0 Å². The lowest BCUT2D eigenvalue weighted by atomic mass is 9.73. The first-order valence-corrected chi connectivity index (χ1v) is 10.8. The zero-order valence-corrected chi connectivity index (χ0v) is 18.3. The van der Waals surface area contributed by atoms with Crippen molar-refractivity contribution >= 4 is 23.0 Å². The topological polar surface area (TPSA) is 92.8 Å². The summed E-state index contributed by atoms with van der Waals surface area (Å²) >= 11 is 0. The van der Waals surface area contributed by atoms with Crippen molar-refractivity contribution in [3.8, 4) is 0 Å². The molecule has 1 aromatic heterocycles. The third-order valence-electron chi connectivity index (χ3n) is 6.03. The molecule has 1 aromatic carbocycles. The van der Waals surface area contributed by atoms with Crippen LogP contribution in [0.1, 0.15) is 73.3 Å². The second kappa shape index (κ2) is 8.25. The maximum atomic E-state index is 13.0. The quantitative estimate of drug-likeness (QED) is 0.527. The maximum absolute atomic E-state index is 13.0. The summed E-state index contributed by atoms with van der Waals surface area (Å²) in [6.45, 7) is 6.06. The molecule has 0 unspecified atom stereocenters. The number of aliphatic imine (C=N–C) groups is 1. The minimum absolute atomic E-state index is 0.00726. The van der Waals surface area contributed by atoms with E-state index in [-0.39, 0.29) is 29.2 Å². The van der Waals surface area contributed by atoms with Crippen molar-refractivity contribution in [1.29, 1.82) is 0 Å². The smallest absolute Gasteiger partial charge is 0.168 e. The van der Waals surface area contributed by atoms with Gasteiger partial charge in [0.1, 0.15) is 11.5 Å². The highest BCUT2D eigenvalue weighted by molar-refractivity contribution is 6.25. The zero-order chi connectivity index (χ0) is 22.2. The predicted molar refractivity (Wildman–Crippen MR) is 118 cm³/mol. The highest BCUT2D eigenvalue weighted by Gasteiger charge is 2.36. The Morgan fingerprint density at radius 1 is 1.16 bits per heavy atom. The first kappa shape index (κ1) is 21.2. The molecule has 1 heterocycles. The number of ketones is 2. The number of aliphatic hydroxyl groups is 1. The number of allylic oxidation sites excluding steroid dienone is 2. The summed E-state index contributed by atoms with van der Waals surface area (Å²) in [5.41, 5.74) is 3.64. The molecule has 0 saturated heterocycles. The van der Waals surface area contributed by atoms with Gasteiger partial charge < -0.3 is 9.63 Å². The lowest BCUT2D eigenvalue weighted by molar-refractivity contribution is -0.117. The number of hydrogen-bond acceptors (Lipinski definition) is 6. The summed E-state index contributed by atoms with van der Waals surface area (Å²) in [6.07, 6.45) is 3.49. The molecule has 0 bridgehead atoms. The van der Waals surface area contributed by atoms with E-state index in [1.54, 1.807) is 0 Å². The van der Waals surface area contributed by atoms with E-state index in [0.717, 1.165) is 17.7 Å². The van der Waals surface area contributed by atoms with E-state index in [4.69, 9.17) is 9.52 Å². The molecule has 2 aromatic rings. The largest absolute Gasteiger partial charge is 0.511 e. The number of fused-ring (bicyclic) bond motifs is 1. The van der Waals surface area contributed by atoms with E-state index in [2.05, 4.69) is 5.16 Å². The number of aromatic nitrogens is 1. The van der Waals surface area contributed by atoms with Gasteiger partial charge in [0.25, 0.3) is 0 Å². The normalized spacial score (nSPS) is 21.3. The molecular weight excluding hydrogens is 392 g/mol. The van der Waals surface area contributed by atoms with Gasteiger partial charge in [0.2, 0.25) is 0 Å². The molecule has 162 valence electrons.